The highest BCUT2D eigenvalue weighted by Crippen LogP contribution is 2.29. The number of piperazine rings is 1. The number of nitrogens with one attached hydrogen (secondary N) is 1. The summed E-state index contributed by atoms with van der Waals surface area (Å²) < 4.78 is 16.1. The Bertz CT molecular complexity index is 743. The molecule has 0 spiro atoms. The van der Waals surface area contributed by atoms with E-state index < -0.39 is 0 Å². The van der Waals surface area contributed by atoms with Gasteiger partial charge < -0.3 is 24.4 Å². The van der Waals surface area contributed by atoms with E-state index in [0.29, 0.717) is 57.4 Å². The van der Waals surface area contributed by atoms with E-state index in [1.54, 1.807) is 31.3 Å². The number of ether oxygens (including phenoxy) is 3. The zero-order chi connectivity index (χ0) is 22.6. The smallest absolute Gasteiger partial charge is 0.246 e. The van der Waals surface area contributed by atoms with E-state index in [9.17, 15) is 9.59 Å². The number of methoxy groups -OCH3 is 2. The van der Waals surface area contributed by atoms with E-state index in [0.717, 1.165) is 12.0 Å². The molecule has 31 heavy (non-hydrogen) atoms. The Morgan fingerprint density at radius 3 is 2.52 bits per heavy atom. The normalized spacial score (nSPS) is 14.8. The largest absolute Gasteiger partial charge is 0.493 e. The molecule has 1 aliphatic heterocycles. The van der Waals surface area contributed by atoms with Crippen molar-refractivity contribution >= 4 is 17.9 Å². The second-order valence-corrected chi connectivity index (χ2v) is 7.71. The Kier molecular flexibility index (Phi) is 10.3. The van der Waals surface area contributed by atoms with Gasteiger partial charge in [-0.15, -0.1) is 0 Å². The number of benzene rings is 1. The summed E-state index contributed by atoms with van der Waals surface area (Å²) in [6.45, 7) is 8.09. The van der Waals surface area contributed by atoms with Gasteiger partial charge in [0, 0.05) is 52.5 Å². The number of hydrogen-bond donors (Lipinski definition) is 1. The first-order chi connectivity index (χ1) is 14.9. The van der Waals surface area contributed by atoms with Crippen molar-refractivity contribution in [2.75, 3.05) is 60.1 Å². The molecule has 1 fully saturated rings. The van der Waals surface area contributed by atoms with Crippen LogP contribution in [-0.4, -0.2) is 87.8 Å². The van der Waals surface area contributed by atoms with Crippen molar-refractivity contribution in [1.29, 1.82) is 0 Å². The minimum absolute atomic E-state index is 0.00890. The predicted octanol–water partition coefficient (Wildman–Crippen LogP) is 1.79. The van der Waals surface area contributed by atoms with Gasteiger partial charge in [-0.05, 0) is 44.0 Å². The van der Waals surface area contributed by atoms with Crippen LogP contribution < -0.4 is 14.8 Å². The van der Waals surface area contributed by atoms with Crippen molar-refractivity contribution in [2.45, 2.75) is 26.4 Å². The zero-order valence-corrected chi connectivity index (χ0v) is 19.1. The van der Waals surface area contributed by atoms with Gasteiger partial charge in [0.1, 0.15) is 0 Å². The minimum Gasteiger partial charge on any atom is -0.493 e. The molecule has 172 valence electrons. The van der Waals surface area contributed by atoms with Crippen LogP contribution in [0.25, 0.3) is 6.08 Å². The maximum Gasteiger partial charge on any atom is 0.246 e. The van der Waals surface area contributed by atoms with Gasteiger partial charge in [0.2, 0.25) is 11.8 Å². The maximum absolute atomic E-state index is 12.5. The van der Waals surface area contributed by atoms with Crippen LogP contribution >= 0.6 is 0 Å². The number of hydrogen-bond acceptors (Lipinski definition) is 6. The van der Waals surface area contributed by atoms with Gasteiger partial charge in [0.25, 0.3) is 0 Å². The van der Waals surface area contributed by atoms with E-state index in [-0.39, 0.29) is 17.9 Å². The average Bonchev–Trinajstić information content (AvgIpc) is 2.76. The fourth-order valence-corrected chi connectivity index (χ4v) is 3.24. The van der Waals surface area contributed by atoms with Crippen LogP contribution in [-0.2, 0) is 14.3 Å². The van der Waals surface area contributed by atoms with Crippen LogP contribution in [0.2, 0.25) is 0 Å². The molecule has 1 heterocycles. The fraction of sp³-hybridized carbons (Fsp3) is 0.565. The summed E-state index contributed by atoms with van der Waals surface area (Å²) in [4.78, 5) is 28.4. The molecule has 8 nitrogen and oxygen atoms in total. The Morgan fingerprint density at radius 2 is 1.87 bits per heavy atom. The van der Waals surface area contributed by atoms with Crippen LogP contribution in [0.4, 0.5) is 0 Å². The van der Waals surface area contributed by atoms with Crippen LogP contribution in [0.15, 0.2) is 24.3 Å². The van der Waals surface area contributed by atoms with Gasteiger partial charge in [-0.1, -0.05) is 6.07 Å². The predicted molar refractivity (Wildman–Crippen MR) is 120 cm³/mol. The lowest BCUT2D eigenvalue weighted by molar-refractivity contribution is -0.128. The summed E-state index contributed by atoms with van der Waals surface area (Å²) in [5, 5.41) is 2.89. The third-order valence-electron chi connectivity index (χ3n) is 4.87. The molecular formula is C23H35N3O5. The summed E-state index contributed by atoms with van der Waals surface area (Å²) in [7, 11) is 3.24. The van der Waals surface area contributed by atoms with Gasteiger partial charge >= 0.3 is 0 Å². The van der Waals surface area contributed by atoms with E-state index in [1.165, 1.54) is 0 Å². The molecule has 0 saturated carbocycles. The molecule has 0 bridgehead atoms. The van der Waals surface area contributed by atoms with Crippen molar-refractivity contribution < 1.29 is 23.8 Å². The molecule has 1 aromatic carbocycles. The highest BCUT2D eigenvalue weighted by Gasteiger charge is 2.21. The van der Waals surface area contributed by atoms with Gasteiger partial charge in [-0.3, -0.25) is 14.5 Å². The molecule has 0 atom stereocenters. The van der Waals surface area contributed by atoms with Crippen LogP contribution in [0.5, 0.6) is 11.5 Å². The fourth-order valence-electron chi connectivity index (χ4n) is 3.24. The number of carbonyl (C=O) groups is 2. The number of rotatable bonds is 11. The number of nitrogens with zero attached hydrogens (tertiary/aromatic N) is 2. The summed E-state index contributed by atoms with van der Waals surface area (Å²) in [6, 6.07) is 5.60. The molecular weight excluding hydrogens is 398 g/mol. The van der Waals surface area contributed by atoms with E-state index >= 15 is 0 Å². The van der Waals surface area contributed by atoms with Gasteiger partial charge in [0.15, 0.2) is 11.5 Å². The third-order valence-corrected chi connectivity index (χ3v) is 4.87. The van der Waals surface area contributed by atoms with Crippen LogP contribution in [0.1, 0.15) is 25.8 Å². The quantitative estimate of drug-likeness (QED) is 0.423. The van der Waals surface area contributed by atoms with E-state index in [1.807, 2.05) is 32.0 Å². The minimum atomic E-state index is -0.0369. The monoisotopic (exact) mass is 433 g/mol. The van der Waals surface area contributed by atoms with Crippen molar-refractivity contribution in [3.8, 4) is 11.5 Å². The molecule has 2 amide bonds. The number of carbonyl (C=O) groups excluding carboxylic acids is 2. The standard InChI is InChI=1S/C23H35N3O5/c1-18(2)31-20-8-6-19(16-21(20)30-4)7-9-23(28)26-13-11-25(12-14-26)17-22(27)24-10-5-15-29-3/h6-9,16,18H,5,10-15,17H2,1-4H3,(H,24,27)/b9-7+. The lowest BCUT2D eigenvalue weighted by Gasteiger charge is -2.33. The third kappa shape index (κ3) is 8.59. The van der Waals surface area contributed by atoms with Crippen LogP contribution in [0, 0.1) is 0 Å². The average molecular weight is 434 g/mol. The molecule has 0 unspecified atom stereocenters. The van der Waals surface area contributed by atoms with Crippen molar-refractivity contribution in [3.63, 3.8) is 0 Å². The van der Waals surface area contributed by atoms with E-state index in [4.69, 9.17) is 14.2 Å². The van der Waals surface area contributed by atoms with Gasteiger partial charge in [0.05, 0.1) is 19.8 Å². The first kappa shape index (κ1) is 24.7. The molecule has 8 heteroatoms. The molecule has 1 aromatic rings. The Labute approximate surface area is 185 Å². The Balaban J connectivity index is 1.79. The highest BCUT2D eigenvalue weighted by atomic mass is 16.5. The van der Waals surface area contributed by atoms with Gasteiger partial charge in [-0.2, -0.15) is 0 Å². The van der Waals surface area contributed by atoms with Crippen LogP contribution in [0.3, 0.4) is 0 Å². The maximum atomic E-state index is 12.5. The highest BCUT2D eigenvalue weighted by molar-refractivity contribution is 5.92. The summed E-state index contributed by atoms with van der Waals surface area (Å²) in [5.74, 6) is 1.29. The summed E-state index contributed by atoms with van der Waals surface area (Å²) in [6.07, 6.45) is 4.22. The SMILES string of the molecule is COCCCNC(=O)CN1CCN(C(=O)/C=C/c2ccc(OC(C)C)c(OC)c2)CC1. The molecule has 1 aliphatic rings. The lowest BCUT2D eigenvalue weighted by atomic mass is 10.1. The number of amides is 2. The van der Waals surface area contributed by atoms with Crippen molar-refractivity contribution in [1.82, 2.24) is 15.1 Å². The summed E-state index contributed by atoms with van der Waals surface area (Å²) in [5.41, 5.74) is 0.866. The molecule has 2 rings (SSSR count). The molecule has 1 saturated heterocycles. The molecule has 1 N–H and O–H groups in total. The summed E-state index contributed by atoms with van der Waals surface area (Å²) >= 11 is 0. The Hall–Kier alpha value is -2.58. The second kappa shape index (κ2) is 13.0. The first-order valence-electron chi connectivity index (χ1n) is 10.7. The van der Waals surface area contributed by atoms with E-state index in [2.05, 4.69) is 10.2 Å². The molecule has 0 aliphatic carbocycles. The topological polar surface area (TPSA) is 80.3 Å². The lowest BCUT2D eigenvalue weighted by Crippen LogP contribution is -2.50. The molecule has 0 radical (unpaired) electrons. The zero-order valence-electron chi connectivity index (χ0n) is 19.1. The van der Waals surface area contributed by atoms with Crippen molar-refractivity contribution in [2.24, 2.45) is 0 Å². The van der Waals surface area contributed by atoms with Gasteiger partial charge in [-0.25, -0.2) is 0 Å². The first-order valence-corrected chi connectivity index (χ1v) is 10.7. The Morgan fingerprint density at radius 1 is 1.13 bits per heavy atom. The molecule has 0 aromatic heterocycles. The van der Waals surface area contributed by atoms with Crippen molar-refractivity contribution in [3.05, 3.63) is 29.8 Å². The second-order valence-electron chi connectivity index (χ2n) is 7.71.